The van der Waals surface area contributed by atoms with Gasteiger partial charge in [0, 0.05) is 26.7 Å². The van der Waals surface area contributed by atoms with Gasteiger partial charge in [-0.15, -0.1) is 0 Å². The average Bonchev–Trinajstić information content (AvgIpc) is 2.96. The van der Waals surface area contributed by atoms with E-state index in [2.05, 4.69) is 10.4 Å². The number of rotatable bonds is 6. The predicted octanol–water partition coefficient (Wildman–Crippen LogP) is 0.956. The Morgan fingerprint density at radius 1 is 1.41 bits per heavy atom. The fraction of sp³-hybridized carbons (Fsp3) is 0.778. The molecular formula is C18H30N4O4S. The third-order valence-corrected chi connectivity index (χ3v) is 7.87. The van der Waals surface area contributed by atoms with Gasteiger partial charge in [0.25, 0.3) is 0 Å². The second-order valence-electron chi connectivity index (χ2n) is 7.67. The maximum absolute atomic E-state index is 13.3. The molecule has 0 spiro atoms. The molecule has 1 saturated carbocycles. The molecule has 2 heterocycles. The van der Waals surface area contributed by atoms with E-state index >= 15 is 0 Å². The Labute approximate surface area is 161 Å². The minimum Gasteiger partial charge on any atom is -0.383 e. The van der Waals surface area contributed by atoms with Gasteiger partial charge in [-0.1, -0.05) is 12.8 Å². The first-order chi connectivity index (χ1) is 12.8. The number of fused-ring (bicyclic) bond motifs is 1. The van der Waals surface area contributed by atoms with Gasteiger partial charge in [-0.05, 0) is 32.3 Å². The molecule has 1 amide bonds. The summed E-state index contributed by atoms with van der Waals surface area (Å²) >= 11 is 0. The van der Waals surface area contributed by atoms with E-state index in [0.29, 0.717) is 26.1 Å². The second-order valence-corrected chi connectivity index (χ2v) is 9.71. The summed E-state index contributed by atoms with van der Waals surface area (Å²) in [6.45, 7) is 2.96. The van der Waals surface area contributed by atoms with Gasteiger partial charge in [0.1, 0.15) is 0 Å². The average molecular weight is 399 g/mol. The number of amides is 1. The van der Waals surface area contributed by atoms with Gasteiger partial charge >= 0.3 is 0 Å². The summed E-state index contributed by atoms with van der Waals surface area (Å²) in [5.74, 6) is -0.0192. The summed E-state index contributed by atoms with van der Waals surface area (Å²) < 4.78 is 33.7. The van der Waals surface area contributed by atoms with Gasteiger partial charge in [0.05, 0.1) is 35.7 Å². The van der Waals surface area contributed by atoms with E-state index in [1.807, 2.05) is 20.0 Å². The normalized spacial score (nSPS) is 27.9. The maximum atomic E-state index is 13.3. The van der Waals surface area contributed by atoms with Crippen molar-refractivity contribution in [1.29, 1.82) is 0 Å². The minimum atomic E-state index is -3.35. The Morgan fingerprint density at radius 2 is 2.19 bits per heavy atom. The molecule has 8 nitrogen and oxygen atoms in total. The Kier molecular flexibility index (Phi) is 5.93. The monoisotopic (exact) mass is 398 g/mol. The first-order valence-electron chi connectivity index (χ1n) is 9.56. The topological polar surface area (TPSA) is 93.5 Å². The molecule has 1 N–H and O–H groups in total. The lowest BCUT2D eigenvalue weighted by molar-refractivity contribution is -0.137. The maximum Gasteiger partial charge on any atom is 0.228 e. The number of aryl methyl sites for hydroxylation is 2. The van der Waals surface area contributed by atoms with Crippen LogP contribution in [-0.4, -0.2) is 60.5 Å². The van der Waals surface area contributed by atoms with Crippen LogP contribution in [0.1, 0.15) is 43.5 Å². The summed E-state index contributed by atoms with van der Waals surface area (Å²) in [7, 11) is 0.0707. The Bertz CT molecular complexity index is 791. The van der Waals surface area contributed by atoms with Crippen molar-refractivity contribution in [2.45, 2.75) is 51.6 Å². The highest BCUT2D eigenvalue weighted by Crippen LogP contribution is 2.46. The van der Waals surface area contributed by atoms with Crippen LogP contribution in [0.5, 0.6) is 0 Å². The van der Waals surface area contributed by atoms with Gasteiger partial charge in [0.2, 0.25) is 15.9 Å². The molecule has 2 fully saturated rings. The number of hydrogen-bond donors (Lipinski definition) is 1. The highest BCUT2D eigenvalue weighted by atomic mass is 32.2. The number of methoxy groups -OCH3 is 1. The number of carbonyl (C=O) groups excluding carboxylic acids is 1. The van der Waals surface area contributed by atoms with Crippen LogP contribution < -0.4 is 5.32 Å². The van der Waals surface area contributed by atoms with Gasteiger partial charge in [-0.2, -0.15) is 9.40 Å². The number of ether oxygens (including phenoxy) is 1. The summed E-state index contributed by atoms with van der Waals surface area (Å²) in [6, 6.07) is 1.67. The number of sulfonamides is 1. The van der Waals surface area contributed by atoms with Crippen LogP contribution in [0.3, 0.4) is 0 Å². The van der Waals surface area contributed by atoms with Crippen LogP contribution in [0.25, 0.3) is 0 Å². The van der Waals surface area contributed by atoms with Crippen molar-refractivity contribution in [3.05, 3.63) is 17.5 Å². The third kappa shape index (κ3) is 3.90. The summed E-state index contributed by atoms with van der Waals surface area (Å²) in [5.41, 5.74) is 1.19. The minimum absolute atomic E-state index is 0.0193. The van der Waals surface area contributed by atoms with E-state index in [1.165, 1.54) is 4.31 Å². The molecule has 152 valence electrons. The zero-order valence-corrected chi connectivity index (χ0v) is 17.2. The van der Waals surface area contributed by atoms with Crippen molar-refractivity contribution in [3.63, 3.8) is 0 Å². The number of nitrogens with one attached hydrogen (secondary N) is 1. The fourth-order valence-corrected chi connectivity index (χ4v) is 6.49. The van der Waals surface area contributed by atoms with Crippen LogP contribution >= 0.6 is 0 Å². The molecule has 1 saturated heterocycles. The molecule has 1 aliphatic carbocycles. The van der Waals surface area contributed by atoms with Crippen molar-refractivity contribution >= 4 is 15.9 Å². The quantitative estimate of drug-likeness (QED) is 0.770. The molecule has 1 aromatic heterocycles. The van der Waals surface area contributed by atoms with Crippen LogP contribution in [0.15, 0.2) is 6.07 Å². The first-order valence-corrected chi connectivity index (χ1v) is 11.2. The molecule has 0 aromatic carbocycles. The van der Waals surface area contributed by atoms with Crippen LogP contribution in [0.4, 0.5) is 0 Å². The van der Waals surface area contributed by atoms with Crippen molar-refractivity contribution < 1.29 is 17.9 Å². The standard InChI is InChI=1S/C18H30N4O4S/c1-14-12-15(21(2)20-14)13-19-17(23)18-7-5-4-6-16(18)22(9-10-26-3)27(24,25)11-8-18/h12,16H,4-11,13H2,1-3H3,(H,19,23)/t16-,18-/m1/s1. The highest BCUT2D eigenvalue weighted by Gasteiger charge is 2.55. The molecule has 1 aliphatic heterocycles. The largest absolute Gasteiger partial charge is 0.383 e. The zero-order valence-electron chi connectivity index (χ0n) is 16.4. The van der Waals surface area contributed by atoms with E-state index in [-0.39, 0.29) is 17.7 Å². The van der Waals surface area contributed by atoms with Crippen molar-refractivity contribution in [1.82, 2.24) is 19.4 Å². The van der Waals surface area contributed by atoms with Gasteiger partial charge in [-0.3, -0.25) is 9.48 Å². The lowest BCUT2D eigenvalue weighted by Gasteiger charge is -2.50. The number of nitrogens with zero attached hydrogens (tertiary/aromatic N) is 3. The Morgan fingerprint density at radius 3 is 2.85 bits per heavy atom. The van der Waals surface area contributed by atoms with E-state index in [4.69, 9.17) is 4.74 Å². The van der Waals surface area contributed by atoms with Crippen LogP contribution in [0.2, 0.25) is 0 Å². The van der Waals surface area contributed by atoms with Crippen molar-refractivity contribution in [2.75, 3.05) is 26.0 Å². The van der Waals surface area contributed by atoms with E-state index in [1.54, 1.807) is 11.8 Å². The number of carbonyl (C=O) groups is 1. The molecule has 9 heteroatoms. The van der Waals surface area contributed by atoms with Gasteiger partial charge < -0.3 is 10.1 Å². The smallest absolute Gasteiger partial charge is 0.228 e. The summed E-state index contributed by atoms with van der Waals surface area (Å²) in [5, 5.41) is 7.37. The number of hydrogen-bond acceptors (Lipinski definition) is 5. The van der Waals surface area contributed by atoms with E-state index in [9.17, 15) is 13.2 Å². The molecule has 3 rings (SSSR count). The SMILES string of the molecule is COCCN1[C@@H]2CCCC[C@@]2(C(=O)NCc2cc(C)nn2C)CCS1(=O)=O. The van der Waals surface area contributed by atoms with Crippen LogP contribution in [-0.2, 0) is 33.1 Å². The Balaban J connectivity index is 1.81. The molecule has 1 aromatic rings. The first kappa shape index (κ1) is 20.3. The van der Waals surface area contributed by atoms with Gasteiger partial charge in [0.15, 0.2) is 0 Å². The molecule has 2 atom stereocenters. The Hall–Kier alpha value is -1.45. The lowest BCUT2D eigenvalue weighted by Crippen LogP contribution is -2.63. The van der Waals surface area contributed by atoms with Crippen LogP contribution in [0, 0.1) is 12.3 Å². The number of aromatic nitrogens is 2. The zero-order chi connectivity index (χ0) is 19.7. The molecule has 27 heavy (non-hydrogen) atoms. The summed E-state index contributed by atoms with van der Waals surface area (Å²) in [6.07, 6.45) is 3.74. The molecule has 2 aliphatic rings. The molecule has 0 bridgehead atoms. The van der Waals surface area contributed by atoms with E-state index in [0.717, 1.165) is 37.1 Å². The predicted molar refractivity (Wildman–Crippen MR) is 101 cm³/mol. The summed E-state index contributed by atoms with van der Waals surface area (Å²) in [4.78, 5) is 13.3. The lowest BCUT2D eigenvalue weighted by atomic mass is 9.67. The van der Waals surface area contributed by atoms with E-state index < -0.39 is 15.4 Å². The van der Waals surface area contributed by atoms with Crippen molar-refractivity contribution in [3.8, 4) is 0 Å². The molecule has 0 radical (unpaired) electrons. The molecular weight excluding hydrogens is 368 g/mol. The third-order valence-electron chi connectivity index (χ3n) is 6.00. The fourth-order valence-electron chi connectivity index (χ4n) is 4.59. The van der Waals surface area contributed by atoms with Crippen molar-refractivity contribution in [2.24, 2.45) is 12.5 Å². The highest BCUT2D eigenvalue weighted by molar-refractivity contribution is 7.89. The van der Waals surface area contributed by atoms with Gasteiger partial charge in [-0.25, -0.2) is 8.42 Å². The molecule has 0 unspecified atom stereocenters. The second kappa shape index (κ2) is 7.89.